The Bertz CT molecular complexity index is 994. The number of anilines is 3. The molecule has 0 saturated carbocycles. The first-order valence-corrected chi connectivity index (χ1v) is 8.21. The van der Waals surface area contributed by atoms with Crippen LogP contribution in [0.1, 0.15) is 10.4 Å². The lowest BCUT2D eigenvalue weighted by Crippen LogP contribution is -2.13. The standard InChI is InChI=1S/C20H17F2N3O3/c1-27-14-5-7-18(28-2)17(10-14)24-13-4-8-19(23-11-13)25-20(26)12-3-6-15(21)16(22)9-12/h3-11,24H,1-2H3,(H,23,25,26). The third-order valence-electron chi connectivity index (χ3n) is 3.87. The zero-order valence-corrected chi connectivity index (χ0v) is 15.1. The highest BCUT2D eigenvalue weighted by molar-refractivity contribution is 6.03. The lowest BCUT2D eigenvalue weighted by Gasteiger charge is -2.13. The second-order valence-corrected chi connectivity index (χ2v) is 5.71. The Morgan fingerprint density at radius 2 is 1.79 bits per heavy atom. The van der Waals surface area contributed by atoms with Crippen molar-refractivity contribution in [3.63, 3.8) is 0 Å². The molecule has 3 rings (SSSR count). The second kappa shape index (κ2) is 8.34. The van der Waals surface area contributed by atoms with Crippen molar-refractivity contribution in [3.8, 4) is 11.5 Å². The summed E-state index contributed by atoms with van der Waals surface area (Å²) in [7, 11) is 3.12. The summed E-state index contributed by atoms with van der Waals surface area (Å²) in [5, 5.41) is 5.68. The summed E-state index contributed by atoms with van der Waals surface area (Å²) in [5.41, 5.74) is 1.32. The van der Waals surface area contributed by atoms with Gasteiger partial charge in [-0.3, -0.25) is 4.79 Å². The number of carbonyl (C=O) groups excluding carboxylic acids is 1. The van der Waals surface area contributed by atoms with E-state index in [-0.39, 0.29) is 11.4 Å². The van der Waals surface area contributed by atoms with Gasteiger partial charge in [0.15, 0.2) is 11.6 Å². The van der Waals surface area contributed by atoms with Crippen LogP contribution in [-0.4, -0.2) is 25.1 Å². The van der Waals surface area contributed by atoms with Gasteiger partial charge < -0.3 is 20.1 Å². The molecular formula is C20H17F2N3O3. The molecule has 0 radical (unpaired) electrons. The summed E-state index contributed by atoms with van der Waals surface area (Å²) >= 11 is 0. The van der Waals surface area contributed by atoms with Gasteiger partial charge in [0.25, 0.3) is 5.91 Å². The smallest absolute Gasteiger partial charge is 0.256 e. The highest BCUT2D eigenvalue weighted by atomic mass is 19.2. The number of amides is 1. The number of halogens is 2. The summed E-state index contributed by atoms with van der Waals surface area (Å²) in [5.74, 6) is -1.16. The van der Waals surface area contributed by atoms with Crippen molar-refractivity contribution in [1.82, 2.24) is 4.98 Å². The topological polar surface area (TPSA) is 72.5 Å². The summed E-state index contributed by atoms with van der Waals surface area (Å²) in [6.07, 6.45) is 1.51. The molecule has 0 bridgehead atoms. The molecule has 8 heteroatoms. The van der Waals surface area contributed by atoms with Gasteiger partial charge in [-0.15, -0.1) is 0 Å². The van der Waals surface area contributed by atoms with Gasteiger partial charge in [-0.2, -0.15) is 0 Å². The molecule has 0 spiro atoms. The number of nitrogens with one attached hydrogen (secondary N) is 2. The average Bonchev–Trinajstić information content (AvgIpc) is 2.71. The van der Waals surface area contributed by atoms with Gasteiger partial charge in [-0.05, 0) is 42.5 Å². The van der Waals surface area contributed by atoms with Crippen LogP contribution in [0.3, 0.4) is 0 Å². The van der Waals surface area contributed by atoms with Crippen LogP contribution in [0.15, 0.2) is 54.7 Å². The van der Waals surface area contributed by atoms with Crippen molar-refractivity contribution < 1.29 is 23.0 Å². The molecule has 2 N–H and O–H groups in total. The molecule has 0 aliphatic carbocycles. The van der Waals surface area contributed by atoms with Gasteiger partial charge in [0.1, 0.15) is 17.3 Å². The summed E-state index contributed by atoms with van der Waals surface area (Å²) in [6, 6.07) is 11.5. The summed E-state index contributed by atoms with van der Waals surface area (Å²) in [4.78, 5) is 16.3. The first kappa shape index (κ1) is 19.1. The molecule has 0 atom stereocenters. The maximum absolute atomic E-state index is 13.3. The fraction of sp³-hybridized carbons (Fsp3) is 0.100. The number of pyridine rings is 1. The lowest BCUT2D eigenvalue weighted by molar-refractivity contribution is 0.102. The van der Waals surface area contributed by atoms with E-state index >= 15 is 0 Å². The molecule has 0 aliphatic rings. The minimum absolute atomic E-state index is 0.0102. The predicted molar refractivity (Wildman–Crippen MR) is 101 cm³/mol. The van der Waals surface area contributed by atoms with Crippen molar-refractivity contribution in [3.05, 3.63) is 71.9 Å². The molecule has 0 fully saturated rings. The van der Waals surface area contributed by atoms with E-state index < -0.39 is 17.5 Å². The van der Waals surface area contributed by atoms with Gasteiger partial charge in [-0.1, -0.05) is 0 Å². The van der Waals surface area contributed by atoms with Gasteiger partial charge in [-0.25, -0.2) is 13.8 Å². The SMILES string of the molecule is COc1ccc(OC)c(Nc2ccc(NC(=O)c3ccc(F)c(F)c3)nc2)c1. The van der Waals surface area contributed by atoms with Crippen molar-refractivity contribution in [2.45, 2.75) is 0 Å². The fourth-order valence-electron chi connectivity index (χ4n) is 2.43. The van der Waals surface area contributed by atoms with E-state index in [1.165, 1.54) is 12.3 Å². The number of carbonyl (C=O) groups is 1. The van der Waals surface area contributed by atoms with Crippen LogP contribution in [0.4, 0.5) is 26.0 Å². The molecule has 3 aromatic rings. The van der Waals surface area contributed by atoms with Crippen molar-refractivity contribution in [1.29, 1.82) is 0 Å². The number of aromatic nitrogens is 1. The number of benzene rings is 2. The Morgan fingerprint density at radius 3 is 2.43 bits per heavy atom. The van der Waals surface area contributed by atoms with Crippen molar-refractivity contribution in [2.24, 2.45) is 0 Å². The maximum atomic E-state index is 13.3. The molecular weight excluding hydrogens is 368 g/mol. The Labute approximate surface area is 160 Å². The quantitative estimate of drug-likeness (QED) is 0.659. The van der Waals surface area contributed by atoms with Gasteiger partial charge in [0.05, 0.1) is 31.8 Å². The molecule has 1 amide bonds. The van der Waals surface area contributed by atoms with Crippen molar-refractivity contribution >= 4 is 23.1 Å². The third kappa shape index (κ3) is 4.35. The van der Waals surface area contributed by atoms with Crippen molar-refractivity contribution in [2.75, 3.05) is 24.9 Å². The minimum Gasteiger partial charge on any atom is -0.497 e. The minimum atomic E-state index is -1.09. The second-order valence-electron chi connectivity index (χ2n) is 5.71. The molecule has 2 aromatic carbocycles. The molecule has 0 unspecified atom stereocenters. The van der Waals surface area contributed by atoms with Crippen LogP contribution in [0.2, 0.25) is 0 Å². The van der Waals surface area contributed by atoms with E-state index in [2.05, 4.69) is 15.6 Å². The first-order valence-electron chi connectivity index (χ1n) is 8.21. The first-order chi connectivity index (χ1) is 13.5. The number of hydrogen-bond donors (Lipinski definition) is 2. The molecule has 0 saturated heterocycles. The molecule has 6 nitrogen and oxygen atoms in total. The summed E-state index contributed by atoms with van der Waals surface area (Å²) in [6.45, 7) is 0. The molecule has 144 valence electrons. The zero-order chi connectivity index (χ0) is 20.1. The average molecular weight is 385 g/mol. The maximum Gasteiger partial charge on any atom is 0.256 e. The highest BCUT2D eigenvalue weighted by Crippen LogP contribution is 2.31. The van der Waals surface area contributed by atoms with E-state index in [1.54, 1.807) is 44.6 Å². The van der Waals surface area contributed by atoms with E-state index in [0.29, 0.717) is 22.9 Å². The number of ether oxygens (including phenoxy) is 2. The number of rotatable bonds is 6. The van der Waals surface area contributed by atoms with E-state index in [9.17, 15) is 13.6 Å². The van der Waals surface area contributed by atoms with Gasteiger partial charge >= 0.3 is 0 Å². The van der Waals surface area contributed by atoms with E-state index in [0.717, 1.165) is 12.1 Å². The van der Waals surface area contributed by atoms with E-state index in [1.807, 2.05) is 0 Å². The van der Waals surface area contributed by atoms with E-state index in [4.69, 9.17) is 9.47 Å². The summed E-state index contributed by atoms with van der Waals surface area (Å²) < 4.78 is 36.7. The van der Waals surface area contributed by atoms with Crippen LogP contribution in [0.5, 0.6) is 11.5 Å². The highest BCUT2D eigenvalue weighted by Gasteiger charge is 2.11. The largest absolute Gasteiger partial charge is 0.497 e. The Morgan fingerprint density at radius 1 is 0.964 bits per heavy atom. The molecule has 0 aliphatic heterocycles. The third-order valence-corrected chi connectivity index (χ3v) is 3.87. The van der Waals surface area contributed by atoms with Crippen LogP contribution in [0.25, 0.3) is 0 Å². The molecule has 1 heterocycles. The fourth-order valence-corrected chi connectivity index (χ4v) is 2.43. The molecule has 28 heavy (non-hydrogen) atoms. The Balaban J connectivity index is 1.71. The predicted octanol–water partition coefficient (Wildman–Crippen LogP) is 4.37. The number of nitrogens with zero attached hydrogens (tertiary/aromatic N) is 1. The monoisotopic (exact) mass is 385 g/mol. The van der Waals surface area contributed by atoms with Gasteiger partial charge in [0, 0.05) is 11.6 Å². The van der Waals surface area contributed by atoms with Crippen LogP contribution >= 0.6 is 0 Å². The molecule has 1 aromatic heterocycles. The Kier molecular flexibility index (Phi) is 5.69. The van der Waals surface area contributed by atoms with Crippen LogP contribution in [0, 0.1) is 11.6 Å². The van der Waals surface area contributed by atoms with Crippen LogP contribution in [-0.2, 0) is 0 Å². The Hall–Kier alpha value is -3.68. The lowest BCUT2D eigenvalue weighted by atomic mass is 10.2. The number of methoxy groups -OCH3 is 2. The number of hydrogen-bond acceptors (Lipinski definition) is 5. The zero-order valence-electron chi connectivity index (χ0n) is 15.1. The van der Waals surface area contributed by atoms with Crippen LogP contribution < -0.4 is 20.1 Å². The normalized spacial score (nSPS) is 10.3. The van der Waals surface area contributed by atoms with Gasteiger partial charge in [0.2, 0.25) is 0 Å².